The van der Waals surface area contributed by atoms with Crippen LogP contribution < -0.4 is 5.73 Å². The topological polar surface area (TPSA) is 63.3 Å². The van der Waals surface area contributed by atoms with Crippen molar-refractivity contribution in [3.8, 4) is 0 Å². The zero-order chi connectivity index (χ0) is 4.99. The number of nitrogens with two attached hydrogens (primary N) is 1. The van der Waals surface area contributed by atoms with E-state index in [0.717, 1.165) is 0 Å². The molecule has 0 radical (unpaired) electrons. The van der Waals surface area contributed by atoms with E-state index < -0.39 is 5.97 Å². The van der Waals surface area contributed by atoms with Crippen molar-refractivity contribution in [2.45, 2.75) is 0 Å². The second-order valence-electron chi connectivity index (χ2n) is 0.571. The van der Waals surface area contributed by atoms with Crippen molar-refractivity contribution >= 4 is 5.97 Å². The molecule has 0 saturated heterocycles. The van der Waals surface area contributed by atoms with E-state index in [-0.39, 0.29) is 6.54 Å². The molecule has 0 aliphatic rings. The molecule has 0 bridgehead atoms. The van der Waals surface area contributed by atoms with Gasteiger partial charge in [0.1, 0.15) is 1.41 Å². The Morgan fingerprint density at radius 3 is 3.00 bits per heavy atom. The number of carbonyl (C=O) groups is 1. The molecule has 0 aromatic heterocycles. The van der Waals surface area contributed by atoms with E-state index in [1.807, 2.05) is 0 Å². The van der Waals surface area contributed by atoms with Crippen LogP contribution in [0.15, 0.2) is 0 Å². The van der Waals surface area contributed by atoms with Gasteiger partial charge in [0.05, 0.1) is 6.54 Å². The highest BCUT2D eigenvalue weighted by Crippen LogP contribution is 1.43. The second kappa shape index (κ2) is 1.72. The summed E-state index contributed by atoms with van der Waals surface area (Å²) in [5, 5.41) is 7.73. The maximum absolute atomic E-state index is 9.42. The predicted octanol–water partition coefficient (Wildman–Crippen LogP) is -0.970. The van der Waals surface area contributed by atoms with Gasteiger partial charge in [0.2, 0.25) is 0 Å². The summed E-state index contributed by atoms with van der Waals surface area (Å²) >= 11 is 0. The van der Waals surface area contributed by atoms with Crippen LogP contribution in [0.3, 0.4) is 0 Å². The van der Waals surface area contributed by atoms with E-state index in [1.165, 1.54) is 0 Å². The van der Waals surface area contributed by atoms with E-state index in [2.05, 4.69) is 0 Å². The molecule has 0 rings (SSSR count). The first kappa shape index (κ1) is 2.66. The predicted molar refractivity (Wildman–Crippen MR) is 16.7 cm³/mol. The van der Waals surface area contributed by atoms with Gasteiger partial charge in [-0.25, -0.2) is 0 Å². The third-order valence-electron chi connectivity index (χ3n) is 0.151. The summed E-state index contributed by atoms with van der Waals surface area (Å²) < 4.78 is 6.10. The molecular formula is C2H5NO2. The maximum Gasteiger partial charge on any atom is 0.317 e. The summed E-state index contributed by atoms with van der Waals surface area (Å²) in [4.78, 5) is 9.42. The van der Waals surface area contributed by atoms with E-state index in [0.29, 0.717) is 0 Å². The number of hydrogen-bond donors (Lipinski definition) is 2. The average Bonchev–Trinajstić information content (AvgIpc) is 1.35. The molecule has 0 aliphatic carbocycles. The zero-order valence-electron chi connectivity index (χ0n) is 3.56. The SMILES string of the molecule is [3H]NCC(=O)O. The number of rotatable bonds is 2. The highest BCUT2D eigenvalue weighted by Gasteiger charge is 1.81. The molecule has 5 heavy (non-hydrogen) atoms. The highest BCUT2D eigenvalue weighted by atomic mass is 16.4. The first-order valence-electron chi connectivity index (χ1n) is 1.63. The van der Waals surface area contributed by atoms with Crippen molar-refractivity contribution < 1.29 is 11.3 Å². The Balaban J connectivity index is 2.83. The Hall–Kier alpha value is -0.570. The fourth-order valence-electron chi connectivity index (χ4n) is 0. The molecule has 0 unspecified atom stereocenters. The largest absolute Gasteiger partial charge is 0.480 e. The molecule has 0 heterocycles. The van der Waals surface area contributed by atoms with Crippen LogP contribution in [0.25, 0.3) is 0 Å². The van der Waals surface area contributed by atoms with Gasteiger partial charge in [-0.15, -0.1) is 0 Å². The molecule has 0 aromatic rings. The van der Waals surface area contributed by atoms with Gasteiger partial charge in [-0.3, -0.25) is 4.79 Å². The van der Waals surface area contributed by atoms with Gasteiger partial charge in [0.15, 0.2) is 0 Å². The first-order chi connectivity index (χ1) is 2.77. The van der Waals surface area contributed by atoms with E-state index in [4.69, 9.17) is 6.52 Å². The molecule has 0 aliphatic heterocycles. The number of aliphatic carboxylic acids is 1. The molecule has 0 spiro atoms. The molecule has 3 N–H and O–H groups in total. The summed E-state index contributed by atoms with van der Waals surface area (Å²) in [6.45, 7) is -0.292. The maximum atomic E-state index is 9.42. The lowest BCUT2D eigenvalue weighted by Gasteiger charge is -1.73. The number of carboxylic acid groups (broad SMARTS) is 1. The summed E-state index contributed by atoms with van der Waals surface area (Å²) in [6.07, 6.45) is 0. The van der Waals surface area contributed by atoms with Crippen LogP contribution >= 0.6 is 0 Å². The quantitative estimate of drug-likeness (QED) is 0.445. The third-order valence-corrected chi connectivity index (χ3v) is 0.151. The minimum absolute atomic E-state index is 0.292. The van der Waals surface area contributed by atoms with Gasteiger partial charge < -0.3 is 10.8 Å². The molecule has 3 nitrogen and oxygen atoms in total. The fraction of sp³-hybridized carbons (Fsp3) is 0.500. The number of carboxylic acids is 1. The van der Waals surface area contributed by atoms with Gasteiger partial charge in [-0.2, -0.15) is 0 Å². The van der Waals surface area contributed by atoms with Crippen molar-refractivity contribution in [1.82, 2.24) is 0 Å². The van der Waals surface area contributed by atoms with Crippen molar-refractivity contribution in [2.24, 2.45) is 5.73 Å². The van der Waals surface area contributed by atoms with E-state index in [9.17, 15) is 4.79 Å². The van der Waals surface area contributed by atoms with Crippen LogP contribution in [0.5, 0.6) is 0 Å². The summed E-state index contributed by atoms with van der Waals surface area (Å²) in [5.74, 6) is -1.01. The van der Waals surface area contributed by atoms with Crippen molar-refractivity contribution in [1.29, 1.82) is 0 Å². The summed E-state index contributed by atoms with van der Waals surface area (Å²) in [5.41, 5.74) is 1.72. The lowest BCUT2D eigenvalue weighted by atomic mass is 10.7. The minimum atomic E-state index is -1.01. The van der Waals surface area contributed by atoms with Gasteiger partial charge in [-0.1, -0.05) is 0 Å². The molecule has 3 heteroatoms. The second-order valence-corrected chi connectivity index (χ2v) is 0.571. The normalized spacial score (nSPS) is 10.0. The molecular weight excluding hydrogens is 70.0 g/mol. The van der Waals surface area contributed by atoms with Gasteiger partial charge in [-0.05, 0) is 0 Å². The van der Waals surface area contributed by atoms with E-state index in [1.54, 1.807) is 5.73 Å². The van der Waals surface area contributed by atoms with Crippen molar-refractivity contribution in [3.63, 3.8) is 0 Å². The third kappa shape index (κ3) is 3.43. The molecule has 0 aromatic carbocycles. The van der Waals surface area contributed by atoms with Crippen LogP contribution in [0.4, 0.5) is 0 Å². The lowest BCUT2D eigenvalue weighted by Crippen LogP contribution is -2.10. The summed E-state index contributed by atoms with van der Waals surface area (Å²) in [6, 6.07) is 0. The van der Waals surface area contributed by atoms with Gasteiger partial charge in [0.25, 0.3) is 0 Å². The van der Waals surface area contributed by atoms with E-state index >= 15 is 0 Å². The van der Waals surface area contributed by atoms with Crippen molar-refractivity contribution in [3.05, 3.63) is 0 Å². The smallest absolute Gasteiger partial charge is 0.317 e. The monoisotopic (exact) mass is 77.0 g/mol. The molecule has 0 amide bonds. The van der Waals surface area contributed by atoms with Crippen LogP contribution in [0, 0.1) is 0 Å². The van der Waals surface area contributed by atoms with Crippen LogP contribution in [-0.4, -0.2) is 17.6 Å². The molecule has 0 atom stereocenters. The standard InChI is InChI=1S/C2H5NO2/c3-1-2(4)5/h1,3H2,(H,4,5)/i/hT. The lowest BCUT2D eigenvalue weighted by molar-refractivity contribution is -0.135. The minimum Gasteiger partial charge on any atom is -0.480 e. The average molecular weight is 77.1 g/mol. The fourth-order valence-corrected chi connectivity index (χ4v) is 0. The van der Waals surface area contributed by atoms with Crippen molar-refractivity contribution in [2.75, 3.05) is 6.54 Å². The zero-order valence-corrected chi connectivity index (χ0v) is 2.56. The molecule has 0 fully saturated rings. The Bertz CT molecular complexity index is 55.5. The molecule has 30 valence electrons. The Kier molecular flexibility index (Phi) is 0.914. The first-order valence-corrected chi connectivity index (χ1v) is 1.13. The summed E-state index contributed by atoms with van der Waals surface area (Å²) in [7, 11) is 0. The van der Waals surface area contributed by atoms with Crippen LogP contribution in [-0.2, 0) is 4.79 Å². The van der Waals surface area contributed by atoms with Crippen LogP contribution in [0.2, 0.25) is 1.41 Å². The van der Waals surface area contributed by atoms with Gasteiger partial charge >= 0.3 is 5.97 Å². The molecule has 0 saturated carbocycles. The highest BCUT2D eigenvalue weighted by molar-refractivity contribution is 5.68. The Morgan fingerprint density at radius 1 is 2.40 bits per heavy atom. The Labute approximate surface area is 30.9 Å². The van der Waals surface area contributed by atoms with Gasteiger partial charge in [0, 0.05) is 0 Å². The Morgan fingerprint density at radius 2 is 3.00 bits per heavy atom. The number of hydrogen-bond acceptors (Lipinski definition) is 2. The van der Waals surface area contributed by atoms with Crippen LogP contribution in [0.1, 0.15) is 0 Å².